The summed E-state index contributed by atoms with van der Waals surface area (Å²) < 4.78 is 11.4. The van der Waals surface area contributed by atoms with Gasteiger partial charge in [0, 0.05) is 18.4 Å². The zero-order valence-corrected chi connectivity index (χ0v) is 13.2. The van der Waals surface area contributed by atoms with E-state index in [0.717, 1.165) is 31.7 Å². The molecule has 0 unspecified atom stereocenters. The molecule has 2 rings (SSSR count). The monoisotopic (exact) mass is 278 g/mol. The topological polar surface area (TPSA) is 35.1 Å². The van der Waals surface area contributed by atoms with Gasteiger partial charge >= 0.3 is 0 Å². The van der Waals surface area contributed by atoms with Crippen molar-refractivity contribution in [3.63, 3.8) is 0 Å². The molecule has 1 atom stereocenters. The molecule has 1 aromatic carbocycles. The fourth-order valence-electron chi connectivity index (χ4n) is 2.76. The third-order valence-corrected chi connectivity index (χ3v) is 3.72. The number of hydrogen-bond acceptors (Lipinski definition) is 2. The highest BCUT2D eigenvalue weighted by atomic mass is 16.5. The minimum absolute atomic E-state index is 0.0361. The summed E-state index contributed by atoms with van der Waals surface area (Å²) in [7, 11) is 0. The Balaban J connectivity index is 1.82. The van der Waals surface area contributed by atoms with Gasteiger partial charge in [0.1, 0.15) is 12.3 Å². The summed E-state index contributed by atoms with van der Waals surface area (Å²) in [5.74, 6) is 0.955. The van der Waals surface area contributed by atoms with E-state index in [4.69, 9.17) is 9.47 Å². The first kappa shape index (κ1) is 15.3. The van der Waals surface area contributed by atoms with Gasteiger partial charge in [0.2, 0.25) is 0 Å². The predicted molar refractivity (Wildman–Crippen MR) is 80.9 cm³/mol. The maximum atomic E-state index is 5.76. The quantitative estimate of drug-likeness (QED) is 0.898. The molecule has 0 saturated carbocycles. The van der Waals surface area contributed by atoms with E-state index in [0.29, 0.717) is 6.04 Å². The normalized spacial score (nSPS) is 21.9. The molecule has 112 valence electrons. The maximum absolute atomic E-state index is 5.76. The molecule has 3 nitrogen and oxygen atoms in total. The van der Waals surface area contributed by atoms with Crippen LogP contribution in [0.4, 0.5) is 0 Å². The molecule has 3 heteroatoms. The van der Waals surface area contributed by atoms with Crippen molar-refractivity contribution in [3.05, 3.63) is 29.8 Å². The van der Waals surface area contributed by atoms with Gasteiger partial charge in [0.15, 0.2) is 0 Å². The van der Waals surface area contributed by atoms with Gasteiger partial charge in [-0.2, -0.15) is 0 Å². The van der Waals surface area contributed by atoms with Crippen LogP contribution in [0.5, 0.6) is 5.75 Å². The smallest absolute Gasteiger partial charge is 0.119 e. The maximum Gasteiger partial charge on any atom is 0.119 e. The Morgan fingerprint density at radius 2 is 2.00 bits per heavy atom. The lowest BCUT2D eigenvalue weighted by Gasteiger charge is -2.34. The van der Waals surface area contributed by atoms with Crippen LogP contribution < -0.4 is 10.1 Å². The SMILES string of the molecule is CC(C)Oc1ccc(C[NH2+][C@@H]2CCOC(C)(C)C2)cc1. The first-order valence-corrected chi connectivity index (χ1v) is 7.67. The average Bonchev–Trinajstić information content (AvgIpc) is 2.36. The highest BCUT2D eigenvalue weighted by molar-refractivity contribution is 5.26. The lowest BCUT2D eigenvalue weighted by molar-refractivity contribution is -0.709. The van der Waals surface area contributed by atoms with Crippen molar-refractivity contribution < 1.29 is 14.8 Å². The number of quaternary nitrogens is 1. The van der Waals surface area contributed by atoms with E-state index in [2.05, 4.69) is 57.3 Å². The summed E-state index contributed by atoms with van der Waals surface area (Å²) in [6.45, 7) is 10.4. The van der Waals surface area contributed by atoms with Crippen LogP contribution >= 0.6 is 0 Å². The third-order valence-electron chi connectivity index (χ3n) is 3.72. The van der Waals surface area contributed by atoms with Gasteiger partial charge in [-0.25, -0.2) is 0 Å². The highest BCUT2D eigenvalue weighted by Gasteiger charge is 2.30. The van der Waals surface area contributed by atoms with Gasteiger partial charge in [-0.15, -0.1) is 0 Å². The lowest BCUT2D eigenvalue weighted by Crippen LogP contribution is -2.89. The molecule has 20 heavy (non-hydrogen) atoms. The molecular formula is C17H28NO2+. The van der Waals surface area contributed by atoms with E-state index in [1.165, 1.54) is 5.56 Å². The Morgan fingerprint density at radius 3 is 2.60 bits per heavy atom. The van der Waals surface area contributed by atoms with E-state index in [1.54, 1.807) is 0 Å². The number of nitrogens with two attached hydrogens (primary N) is 1. The van der Waals surface area contributed by atoms with Gasteiger partial charge in [0.05, 0.1) is 24.4 Å². The highest BCUT2D eigenvalue weighted by Crippen LogP contribution is 2.22. The van der Waals surface area contributed by atoms with Crippen LogP contribution in [0.2, 0.25) is 0 Å². The second-order valence-corrected chi connectivity index (χ2v) is 6.61. The Bertz CT molecular complexity index is 412. The summed E-state index contributed by atoms with van der Waals surface area (Å²) in [4.78, 5) is 0. The number of rotatable bonds is 5. The molecule has 1 saturated heterocycles. The lowest BCUT2D eigenvalue weighted by atomic mass is 9.94. The molecule has 1 aliphatic heterocycles. The van der Waals surface area contributed by atoms with E-state index >= 15 is 0 Å². The zero-order valence-electron chi connectivity index (χ0n) is 13.2. The van der Waals surface area contributed by atoms with Crippen LogP contribution in [0.1, 0.15) is 46.1 Å². The number of ether oxygens (including phenoxy) is 2. The standard InChI is InChI=1S/C17H27NO2/c1-13(2)20-16-7-5-14(6-8-16)12-18-15-9-10-19-17(3,4)11-15/h5-8,13,15,18H,9-12H2,1-4H3/p+1/t15-/m1/s1. The minimum Gasteiger partial charge on any atom is -0.491 e. The fourth-order valence-corrected chi connectivity index (χ4v) is 2.76. The van der Waals surface area contributed by atoms with E-state index < -0.39 is 0 Å². The Hall–Kier alpha value is -1.06. The summed E-state index contributed by atoms with van der Waals surface area (Å²) >= 11 is 0. The largest absolute Gasteiger partial charge is 0.491 e. The minimum atomic E-state index is 0.0361. The van der Waals surface area contributed by atoms with Crippen molar-refractivity contribution in [2.24, 2.45) is 0 Å². The van der Waals surface area contributed by atoms with Crippen LogP contribution in [0.3, 0.4) is 0 Å². The van der Waals surface area contributed by atoms with Gasteiger partial charge < -0.3 is 14.8 Å². The first-order chi connectivity index (χ1) is 9.44. The Morgan fingerprint density at radius 1 is 1.30 bits per heavy atom. The van der Waals surface area contributed by atoms with E-state index in [9.17, 15) is 0 Å². The second-order valence-electron chi connectivity index (χ2n) is 6.61. The van der Waals surface area contributed by atoms with Crippen molar-refractivity contribution in [2.75, 3.05) is 6.61 Å². The van der Waals surface area contributed by atoms with Crippen molar-refractivity contribution >= 4 is 0 Å². The summed E-state index contributed by atoms with van der Waals surface area (Å²) in [6.07, 6.45) is 2.51. The molecule has 0 amide bonds. The van der Waals surface area contributed by atoms with E-state index in [-0.39, 0.29) is 11.7 Å². The van der Waals surface area contributed by atoms with Crippen molar-refractivity contribution in [2.45, 2.75) is 64.8 Å². The summed E-state index contributed by atoms with van der Waals surface area (Å²) in [6, 6.07) is 9.14. The molecular weight excluding hydrogens is 250 g/mol. The predicted octanol–water partition coefficient (Wildman–Crippen LogP) is 2.49. The molecule has 1 heterocycles. The van der Waals surface area contributed by atoms with Crippen LogP contribution in [0.15, 0.2) is 24.3 Å². The van der Waals surface area contributed by atoms with Gasteiger partial charge in [-0.1, -0.05) is 0 Å². The summed E-state index contributed by atoms with van der Waals surface area (Å²) in [5, 5.41) is 2.45. The van der Waals surface area contributed by atoms with Gasteiger partial charge in [-0.05, 0) is 52.0 Å². The van der Waals surface area contributed by atoms with Crippen molar-refractivity contribution in [1.82, 2.24) is 0 Å². The van der Waals surface area contributed by atoms with Crippen molar-refractivity contribution in [1.29, 1.82) is 0 Å². The molecule has 2 N–H and O–H groups in total. The molecule has 0 bridgehead atoms. The van der Waals surface area contributed by atoms with Crippen LogP contribution in [-0.2, 0) is 11.3 Å². The number of benzene rings is 1. The fraction of sp³-hybridized carbons (Fsp3) is 0.647. The van der Waals surface area contributed by atoms with Gasteiger partial charge in [0.25, 0.3) is 0 Å². The molecule has 1 aliphatic rings. The molecule has 1 aromatic rings. The Labute approximate surface area is 122 Å². The molecule has 1 fully saturated rings. The molecule has 0 aliphatic carbocycles. The van der Waals surface area contributed by atoms with E-state index in [1.807, 2.05) is 0 Å². The third kappa shape index (κ3) is 4.80. The zero-order chi connectivity index (χ0) is 14.6. The van der Waals surface area contributed by atoms with Gasteiger partial charge in [-0.3, -0.25) is 0 Å². The Kier molecular flexibility index (Phi) is 5.06. The number of hydrogen-bond donors (Lipinski definition) is 1. The van der Waals surface area contributed by atoms with Crippen LogP contribution in [0.25, 0.3) is 0 Å². The summed E-state index contributed by atoms with van der Waals surface area (Å²) in [5.41, 5.74) is 1.39. The second kappa shape index (κ2) is 6.59. The van der Waals surface area contributed by atoms with Crippen molar-refractivity contribution in [3.8, 4) is 5.75 Å². The molecule has 0 spiro atoms. The van der Waals surface area contributed by atoms with Crippen LogP contribution in [0, 0.1) is 0 Å². The first-order valence-electron chi connectivity index (χ1n) is 7.67. The van der Waals surface area contributed by atoms with Crippen LogP contribution in [-0.4, -0.2) is 24.4 Å². The molecule has 0 aromatic heterocycles. The molecule has 0 radical (unpaired) electrons. The average molecular weight is 278 g/mol.